The number of phosphoric acid groups is 2. The highest BCUT2D eigenvalue weighted by atomic mass is 31.2. The topological polar surface area (TPSA) is 237 Å². The molecule has 0 aliphatic rings. The van der Waals surface area contributed by atoms with E-state index < -0.39 is 97.5 Å². The van der Waals surface area contributed by atoms with Gasteiger partial charge in [0.1, 0.15) is 19.3 Å². The fourth-order valence-corrected chi connectivity index (χ4v) is 12.7. The molecule has 0 spiro atoms. The van der Waals surface area contributed by atoms with Crippen LogP contribution in [-0.4, -0.2) is 96.7 Å². The van der Waals surface area contributed by atoms with E-state index in [0.717, 1.165) is 114 Å². The lowest BCUT2D eigenvalue weighted by atomic mass is 9.99. The Morgan fingerprint density at radius 1 is 0.301 bits per heavy atom. The van der Waals surface area contributed by atoms with Crippen LogP contribution in [0, 0.1) is 23.7 Å². The highest BCUT2D eigenvalue weighted by Crippen LogP contribution is 2.45. The van der Waals surface area contributed by atoms with Gasteiger partial charge in [-0.1, -0.05) is 319 Å². The molecular weight excluding hydrogens is 1220 g/mol. The predicted octanol–water partition coefficient (Wildman–Crippen LogP) is 21.3. The monoisotopic (exact) mass is 1370 g/mol. The van der Waals surface area contributed by atoms with Crippen LogP contribution in [0.4, 0.5) is 0 Å². The molecule has 0 fully saturated rings. The summed E-state index contributed by atoms with van der Waals surface area (Å²) in [7, 11) is -9.91. The Kier molecular flexibility index (Phi) is 62.2. The average molecular weight is 1370 g/mol. The van der Waals surface area contributed by atoms with Crippen LogP contribution in [0.15, 0.2) is 0 Å². The largest absolute Gasteiger partial charge is 0.472 e. The summed E-state index contributed by atoms with van der Waals surface area (Å²) in [6.07, 6.45) is 47.4. The Bertz CT molecular complexity index is 1840. The van der Waals surface area contributed by atoms with Gasteiger partial charge < -0.3 is 33.8 Å². The number of hydrogen-bond acceptors (Lipinski definition) is 15. The molecule has 93 heavy (non-hydrogen) atoms. The Labute approximate surface area is 568 Å². The van der Waals surface area contributed by atoms with Crippen molar-refractivity contribution in [1.29, 1.82) is 0 Å². The number of ether oxygens (including phenoxy) is 4. The Balaban J connectivity index is 5.19. The lowest BCUT2D eigenvalue weighted by Crippen LogP contribution is -2.30. The van der Waals surface area contributed by atoms with E-state index in [0.29, 0.717) is 31.6 Å². The number of hydrogen-bond donors (Lipinski definition) is 3. The SMILES string of the molecule is CCC(C)CCCCCCCCCCCCC(=O)O[C@H](COC(=O)CCCCCCCCC(C)C)COP(=O)(O)OC[C@H](O)COP(=O)(O)OC[C@@H](COC(=O)CCCCCCCCCCCCCCCCCCC(C)C)OC(=O)CCCCCCCCCCC(C)C. The fraction of sp³-hybridized carbons (Fsp3) is 0.946. The first-order valence-corrected chi connectivity index (χ1v) is 41.2. The van der Waals surface area contributed by atoms with E-state index in [4.69, 9.17) is 37.0 Å². The van der Waals surface area contributed by atoms with Crippen molar-refractivity contribution < 1.29 is 80.2 Å². The first-order valence-electron chi connectivity index (χ1n) is 38.2. The molecule has 0 saturated carbocycles. The minimum absolute atomic E-state index is 0.104. The first-order chi connectivity index (χ1) is 44.6. The second-order valence-corrected chi connectivity index (χ2v) is 31.3. The maximum atomic E-state index is 13.0. The molecule has 3 N–H and O–H groups in total. The molecule has 0 radical (unpaired) electrons. The summed E-state index contributed by atoms with van der Waals surface area (Å²) in [5.41, 5.74) is 0. The van der Waals surface area contributed by atoms with Crippen molar-refractivity contribution in [2.75, 3.05) is 39.6 Å². The molecule has 0 aromatic carbocycles. The van der Waals surface area contributed by atoms with Gasteiger partial charge in [-0.25, -0.2) is 9.13 Å². The van der Waals surface area contributed by atoms with Crippen molar-refractivity contribution in [3.05, 3.63) is 0 Å². The van der Waals surface area contributed by atoms with Gasteiger partial charge >= 0.3 is 39.5 Å². The molecular formula is C74H144O17P2. The second-order valence-electron chi connectivity index (χ2n) is 28.4. The number of aliphatic hydroxyl groups excluding tert-OH is 1. The third-order valence-electron chi connectivity index (χ3n) is 17.4. The Morgan fingerprint density at radius 3 is 0.763 bits per heavy atom. The summed E-state index contributed by atoms with van der Waals surface area (Å²) < 4.78 is 68.4. The minimum atomic E-state index is -4.95. The standard InChI is InChI=1S/C74H144O17P2/c1-9-67(8)53-45-37-28-21-18-19-23-30-40-48-56-73(78)90-70(61-85-72(77)55-47-39-33-32-36-44-52-66(6)7)63-89-93(82,83)87-59-68(75)58-86-92(80,81)88-62-69(91-74(79)57-49-41-31-25-24-27-35-43-51-65(4)5)60-84-71(76)54-46-38-29-22-17-15-13-11-10-12-14-16-20-26-34-42-50-64(2)3/h64-70,75H,9-63H2,1-8H3,(H,80,81)(H,82,83)/t67?,68-,69-,70-/m1/s1. The maximum absolute atomic E-state index is 13.0. The molecule has 0 amide bonds. The lowest BCUT2D eigenvalue weighted by Gasteiger charge is -2.21. The van der Waals surface area contributed by atoms with Crippen molar-refractivity contribution in [3.8, 4) is 0 Å². The molecule has 6 atom stereocenters. The number of esters is 4. The molecule has 0 aliphatic heterocycles. The van der Waals surface area contributed by atoms with Gasteiger partial charge in [-0.2, -0.15) is 0 Å². The average Bonchev–Trinajstić information content (AvgIpc) is 2.49. The van der Waals surface area contributed by atoms with Gasteiger partial charge in [-0.3, -0.25) is 37.3 Å². The van der Waals surface area contributed by atoms with Gasteiger partial charge in [0.05, 0.1) is 26.4 Å². The van der Waals surface area contributed by atoms with Crippen LogP contribution >= 0.6 is 15.6 Å². The van der Waals surface area contributed by atoms with Crippen molar-refractivity contribution in [3.63, 3.8) is 0 Å². The Hall–Kier alpha value is -1.94. The van der Waals surface area contributed by atoms with E-state index >= 15 is 0 Å². The molecule has 0 rings (SSSR count). The smallest absolute Gasteiger partial charge is 0.462 e. The van der Waals surface area contributed by atoms with E-state index in [-0.39, 0.29) is 25.7 Å². The highest BCUT2D eigenvalue weighted by molar-refractivity contribution is 7.47. The van der Waals surface area contributed by atoms with E-state index in [1.165, 1.54) is 167 Å². The predicted molar refractivity (Wildman–Crippen MR) is 377 cm³/mol. The molecule has 0 heterocycles. The summed E-state index contributed by atoms with van der Waals surface area (Å²) in [5.74, 6) is 0.886. The number of carbonyl (C=O) groups is 4. The lowest BCUT2D eigenvalue weighted by molar-refractivity contribution is -0.161. The summed E-state index contributed by atoms with van der Waals surface area (Å²) in [6, 6.07) is 0. The van der Waals surface area contributed by atoms with E-state index in [9.17, 15) is 43.2 Å². The van der Waals surface area contributed by atoms with Crippen LogP contribution in [0.3, 0.4) is 0 Å². The summed E-state index contributed by atoms with van der Waals surface area (Å²) in [4.78, 5) is 72.6. The fourth-order valence-electron chi connectivity index (χ4n) is 11.2. The number of aliphatic hydroxyl groups is 1. The van der Waals surface area contributed by atoms with Crippen molar-refractivity contribution >= 4 is 39.5 Å². The van der Waals surface area contributed by atoms with Crippen LogP contribution in [0.5, 0.6) is 0 Å². The number of carbonyl (C=O) groups excluding carboxylic acids is 4. The van der Waals surface area contributed by atoms with Crippen molar-refractivity contribution in [1.82, 2.24) is 0 Å². The van der Waals surface area contributed by atoms with Gasteiger partial charge in [-0.05, 0) is 49.4 Å². The van der Waals surface area contributed by atoms with Gasteiger partial charge in [0.2, 0.25) is 0 Å². The van der Waals surface area contributed by atoms with Crippen LogP contribution in [0.1, 0.15) is 370 Å². The second kappa shape index (κ2) is 63.5. The third-order valence-corrected chi connectivity index (χ3v) is 19.3. The third kappa shape index (κ3) is 67.0. The molecule has 0 aromatic rings. The van der Waals surface area contributed by atoms with Crippen molar-refractivity contribution in [2.24, 2.45) is 23.7 Å². The molecule has 3 unspecified atom stereocenters. The van der Waals surface area contributed by atoms with Gasteiger partial charge in [0.15, 0.2) is 12.2 Å². The van der Waals surface area contributed by atoms with Crippen LogP contribution in [0.25, 0.3) is 0 Å². The summed E-state index contributed by atoms with van der Waals surface area (Å²) in [5, 5.41) is 10.6. The van der Waals surface area contributed by atoms with Crippen LogP contribution < -0.4 is 0 Å². The van der Waals surface area contributed by atoms with Gasteiger partial charge in [0, 0.05) is 25.7 Å². The van der Waals surface area contributed by atoms with Gasteiger partial charge in [0.25, 0.3) is 0 Å². The normalized spacial score (nSPS) is 14.5. The minimum Gasteiger partial charge on any atom is -0.462 e. The molecule has 17 nitrogen and oxygen atoms in total. The number of unbranched alkanes of at least 4 members (excludes halogenated alkanes) is 36. The zero-order chi connectivity index (χ0) is 68.9. The van der Waals surface area contributed by atoms with Gasteiger partial charge in [-0.15, -0.1) is 0 Å². The molecule has 0 saturated heterocycles. The maximum Gasteiger partial charge on any atom is 0.472 e. The highest BCUT2D eigenvalue weighted by Gasteiger charge is 2.30. The molecule has 552 valence electrons. The molecule has 19 heteroatoms. The Morgan fingerprint density at radius 2 is 0.516 bits per heavy atom. The molecule has 0 bridgehead atoms. The van der Waals surface area contributed by atoms with E-state index in [1.54, 1.807) is 0 Å². The molecule has 0 aromatic heterocycles. The first kappa shape index (κ1) is 91.1. The number of rotatable bonds is 71. The zero-order valence-corrected chi connectivity index (χ0v) is 62.7. The summed E-state index contributed by atoms with van der Waals surface area (Å²) >= 11 is 0. The van der Waals surface area contributed by atoms with Crippen LogP contribution in [-0.2, 0) is 65.4 Å². The quantitative estimate of drug-likeness (QED) is 0.0222. The number of phosphoric ester groups is 2. The summed E-state index contributed by atoms with van der Waals surface area (Å²) in [6.45, 7) is 14.1. The van der Waals surface area contributed by atoms with E-state index in [2.05, 4.69) is 55.4 Å². The van der Waals surface area contributed by atoms with E-state index in [1.807, 2.05) is 0 Å². The van der Waals surface area contributed by atoms with Crippen molar-refractivity contribution in [2.45, 2.75) is 388 Å². The van der Waals surface area contributed by atoms with Crippen LogP contribution in [0.2, 0.25) is 0 Å². The molecule has 0 aliphatic carbocycles. The zero-order valence-electron chi connectivity index (χ0n) is 60.9.